The van der Waals surface area contributed by atoms with E-state index in [0.29, 0.717) is 12.1 Å². The van der Waals surface area contributed by atoms with Gasteiger partial charge < -0.3 is 10.5 Å². The molecule has 2 rings (SSSR count). The van der Waals surface area contributed by atoms with Crippen LogP contribution in [-0.2, 0) is 11.2 Å². The van der Waals surface area contributed by atoms with E-state index in [9.17, 15) is 9.18 Å². The van der Waals surface area contributed by atoms with Gasteiger partial charge in [-0.05, 0) is 24.5 Å². The van der Waals surface area contributed by atoms with Crippen molar-refractivity contribution in [2.24, 2.45) is 11.1 Å². The van der Waals surface area contributed by atoms with Crippen LogP contribution in [0.2, 0.25) is 0 Å². The van der Waals surface area contributed by atoms with Gasteiger partial charge in [-0.3, -0.25) is 4.79 Å². The molecule has 0 aliphatic heterocycles. The summed E-state index contributed by atoms with van der Waals surface area (Å²) in [6.07, 6.45) is 2.78. The summed E-state index contributed by atoms with van der Waals surface area (Å²) < 4.78 is 18.8. The molecule has 0 heterocycles. The van der Waals surface area contributed by atoms with Crippen molar-refractivity contribution in [3.8, 4) is 5.75 Å². The minimum absolute atomic E-state index is 0.0448. The average molecular weight is 251 g/mol. The van der Waals surface area contributed by atoms with Crippen molar-refractivity contribution in [3.05, 3.63) is 29.6 Å². The molecule has 2 N–H and O–H groups in total. The Labute approximate surface area is 106 Å². The topological polar surface area (TPSA) is 52.3 Å². The monoisotopic (exact) mass is 251 g/mol. The Morgan fingerprint density at radius 1 is 1.50 bits per heavy atom. The van der Waals surface area contributed by atoms with E-state index in [1.807, 2.05) is 0 Å². The van der Waals surface area contributed by atoms with E-state index in [2.05, 4.69) is 0 Å². The molecule has 0 amide bonds. The molecule has 0 spiro atoms. The van der Waals surface area contributed by atoms with E-state index in [-0.39, 0.29) is 18.0 Å². The molecule has 1 aliphatic carbocycles. The zero-order valence-electron chi connectivity index (χ0n) is 10.5. The van der Waals surface area contributed by atoms with Gasteiger partial charge in [-0.25, -0.2) is 4.39 Å². The van der Waals surface area contributed by atoms with Gasteiger partial charge in [-0.2, -0.15) is 0 Å². The summed E-state index contributed by atoms with van der Waals surface area (Å²) in [6, 6.07) is 4.87. The molecule has 0 saturated heterocycles. The van der Waals surface area contributed by atoms with Crippen molar-refractivity contribution in [1.82, 2.24) is 0 Å². The molecule has 1 aliphatic rings. The predicted octanol–water partition coefficient (Wildman–Crippen LogP) is 2.07. The van der Waals surface area contributed by atoms with Gasteiger partial charge in [0.1, 0.15) is 5.78 Å². The van der Waals surface area contributed by atoms with E-state index in [0.717, 1.165) is 19.3 Å². The predicted molar refractivity (Wildman–Crippen MR) is 67.0 cm³/mol. The second-order valence-corrected chi connectivity index (χ2v) is 4.87. The van der Waals surface area contributed by atoms with Crippen LogP contribution in [0.4, 0.5) is 4.39 Å². The molecule has 0 bridgehead atoms. The molecule has 3 nitrogen and oxygen atoms in total. The maximum atomic E-state index is 13.9. The smallest absolute Gasteiger partial charge is 0.168 e. The number of hydrogen-bond acceptors (Lipinski definition) is 3. The summed E-state index contributed by atoms with van der Waals surface area (Å²) >= 11 is 0. The van der Waals surface area contributed by atoms with Gasteiger partial charge >= 0.3 is 0 Å². The van der Waals surface area contributed by atoms with Gasteiger partial charge in [0.2, 0.25) is 0 Å². The van der Waals surface area contributed by atoms with Gasteiger partial charge in [-0.1, -0.05) is 18.6 Å². The lowest BCUT2D eigenvalue weighted by Crippen LogP contribution is -2.45. The molecule has 4 heteroatoms. The van der Waals surface area contributed by atoms with E-state index in [1.54, 1.807) is 18.2 Å². The Kier molecular flexibility index (Phi) is 3.66. The molecule has 1 aromatic rings. The number of rotatable bonds is 5. The number of benzene rings is 1. The van der Waals surface area contributed by atoms with Crippen LogP contribution in [0.25, 0.3) is 0 Å². The highest BCUT2D eigenvalue weighted by Crippen LogP contribution is 2.41. The average Bonchev–Trinajstić information content (AvgIpc) is 2.31. The molecular weight excluding hydrogens is 233 g/mol. The number of carbonyl (C=O) groups is 1. The second kappa shape index (κ2) is 5.06. The van der Waals surface area contributed by atoms with E-state index < -0.39 is 11.2 Å². The number of halogens is 1. The lowest BCUT2D eigenvalue weighted by molar-refractivity contribution is -0.132. The minimum atomic E-state index is -0.445. The molecule has 1 aromatic carbocycles. The van der Waals surface area contributed by atoms with Gasteiger partial charge in [0, 0.05) is 18.4 Å². The second-order valence-electron chi connectivity index (χ2n) is 4.87. The number of ketones is 1. The van der Waals surface area contributed by atoms with Gasteiger partial charge in [0.05, 0.1) is 7.11 Å². The highest BCUT2D eigenvalue weighted by molar-refractivity contribution is 5.88. The zero-order valence-corrected chi connectivity index (χ0v) is 10.5. The number of nitrogens with two attached hydrogens (primary N) is 1. The van der Waals surface area contributed by atoms with Crippen LogP contribution in [0.1, 0.15) is 24.8 Å². The molecular formula is C14H18FNO2. The van der Waals surface area contributed by atoms with Crippen molar-refractivity contribution < 1.29 is 13.9 Å². The maximum absolute atomic E-state index is 13.9. The number of ether oxygens (including phenoxy) is 1. The third kappa shape index (κ3) is 2.12. The van der Waals surface area contributed by atoms with Gasteiger partial charge in [0.15, 0.2) is 11.6 Å². The normalized spacial score (nSPS) is 17.1. The summed E-state index contributed by atoms with van der Waals surface area (Å²) in [5, 5.41) is 0. The summed E-state index contributed by atoms with van der Waals surface area (Å²) in [5.41, 5.74) is 5.66. The minimum Gasteiger partial charge on any atom is -0.494 e. The van der Waals surface area contributed by atoms with Crippen LogP contribution < -0.4 is 10.5 Å². The van der Waals surface area contributed by atoms with Crippen LogP contribution >= 0.6 is 0 Å². The van der Waals surface area contributed by atoms with E-state index in [1.165, 1.54) is 7.11 Å². The molecule has 0 unspecified atom stereocenters. The number of methoxy groups -OCH3 is 1. The molecule has 1 saturated carbocycles. The van der Waals surface area contributed by atoms with Crippen LogP contribution in [0, 0.1) is 11.2 Å². The third-order valence-electron chi connectivity index (χ3n) is 3.91. The lowest BCUT2D eigenvalue weighted by Gasteiger charge is -2.39. The first-order chi connectivity index (χ1) is 8.63. The molecule has 1 fully saturated rings. The van der Waals surface area contributed by atoms with Crippen LogP contribution in [-0.4, -0.2) is 19.4 Å². The fourth-order valence-electron chi connectivity index (χ4n) is 2.41. The number of hydrogen-bond donors (Lipinski definition) is 1. The van der Waals surface area contributed by atoms with Gasteiger partial charge in [-0.15, -0.1) is 0 Å². The number of Topliss-reactive ketones (excluding diaryl/α,β-unsaturated/α-hetero) is 1. The van der Waals surface area contributed by atoms with Crippen molar-refractivity contribution in [3.63, 3.8) is 0 Å². The van der Waals surface area contributed by atoms with Crippen LogP contribution in [0.3, 0.4) is 0 Å². The Balaban J connectivity index is 2.17. The van der Waals surface area contributed by atoms with Crippen molar-refractivity contribution in [1.29, 1.82) is 0 Å². The highest BCUT2D eigenvalue weighted by Gasteiger charge is 2.42. The summed E-state index contributed by atoms with van der Waals surface area (Å²) in [6.45, 7) is 0.359. The fourth-order valence-corrected chi connectivity index (χ4v) is 2.41. The molecule has 0 radical (unpaired) electrons. The Hall–Kier alpha value is -1.42. The first-order valence-corrected chi connectivity index (χ1v) is 6.18. The summed E-state index contributed by atoms with van der Waals surface area (Å²) in [5.74, 6) is -0.223. The molecule has 0 atom stereocenters. The SMILES string of the molecule is COc1cccc(CC(=O)C2(CN)CCC2)c1F. The van der Waals surface area contributed by atoms with Crippen LogP contribution in [0.5, 0.6) is 5.75 Å². The molecule has 18 heavy (non-hydrogen) atoms. The lowest BCUT2D eigenvalue weighted by atomic mass is 9.65. The zero-order chi connectivity index (χ0) is 13.2. The first-order valence-electron chi connectivity index (χ1n) is 6.18. The molecule has 98 valence electrons. The maximum Gasteiger partial charge on any atom is 0.168 e. The first kappa shape index (κ1) is 13.0. The van der Waals surface area contributed by atoms with Crippen molar-refractivity contribution >= 4 is 5.78 Å². The summed E-state index contributed by atoms with van der Waals surface area (Å²) in [7, 11) is 1.41. The van der Waals surface area contributed by atoms with Crippen LogP contribution in [0.15, 0.2) is 18.2 Å². The Morgan fingerprint density at radius 2 is 2.22 bits per heavy atom. The number of carbonyl (C=O) groups excluding carboxylic acids is 1. The van der Waals surface area contributed by atoms with Crippen molar-refractivity contribution in [2.75, 3.05) is 13.7 Å². The molecule has 0 aromatic heterocycles. The highest BCUT2D eigenvalue weighted by atomic mass is 19.1. The fraction of sp³-hybridized carbons (Fsp3) is 0.500. The largest absolute Gasteiger partial charge is 0.494 e. The Bertz CT molecular complexity index is 450. The summed E-state index contributed by atoms with van der Waals surface area (Å²) in [4.78, 5) is 12.2. The van der Waals surface area contributed by atoms with Crippen molar-refractivity contribution in [2.45, 2.75) is 25.7 Å². The Morgan fingerprint density at radius 3 is 2.72 bits per heavy atom. The van der Waals surface area contributed by atoms with Gasteiger partial charge in [0.25, 0.3) is 0 Å². The standard InChI is InChI=1S/C14H18FNO2/c1-18-11-5-2-4-10(13(11)15)8-12(17)14(9-16)6-3-7-14/h2,4-5H,3,6-9,16H2,1H3. The van der Waals surface area contributed by atoms with E-state index >= 15 is 0 Å². The van der Waals surface area contributed by atoms with E-state index in [4.69, 9.17) is 10.5 Å². The quantitative estimate of drug-likeness (QED) is 0.871. The third-order valence-corrected chi connectivity index (χ3v) is 3.91.